The Labute approximate surface area is 363 Å². The number of anilines is 2. The largest absolute Gasteiger partial charge is 0.507 e. The fraction of sp³-hybridized carbons (Fsp3) is 0.409. The van der Waals surface area contributed by atoms with Crippen LogP contribution in [0, 0.1) is 11.8 Å². The SMILES string of the molecule is CC(C)C[C@@H](O)C(=O)N1CCN(c2nc(-c3ccccc3O)nc3cc(C(=O)O)ccc23)CC1.CC(C)C[C@@H](O)C(=O)N1CCN(c2nc(Cl)nc3cc(C(=O)O)ccc23)CC1. The van der Waals surface area contributed by atoms with Gasteiger partial charge in [0.1, 0.15) is 29.6 Å². The third-order valence-corrected chi connectivity index (χ3v) is 10.9. The van der Waals surface area contributed by atoms with Gasteiger partial charge in [0.05, 0.1) is 27.7 Å². The van der Waals surface area contributed by atoms with Crippen LogP contribution in [-0.4, -0.2) is 144 Å². The number of carboxylic acid groups (broad SMARTS) is 2. The lowest BCUT2D eigenvalue weighted by Gasteiger charge is -2.37. The fourth-order valence-electron chi connectivity index (χ4n) is 7.52. The Morgan fingerprint density at radius 2 is 1.05 bits per heavy atom. The van der Waals surface area contributed by atoms with Gasteiger partial charge in [0.2, 0.25) is 5.28 Å². The third-order valence-electron chi connectivity index (χ3n) is 10.7. The summed E-state index contributed by atoms with van der Waals surface area (Å²) in [5, 5.41) is 50.7. The number of aromatic carboxylic acids is 2. The van der Waals surface area contributed by atoms with Gasteiger partial charge in [-0.05, 0) is 84.8 Å². The second-order valence-electron chi connectivity index (χ2n) is 16.2. The van der Waals surface area contributed by atoms with Gasteiger partial charge >= 0.3 is 11.9 Å². The van der Waals surface area contributed by atoms with Crippen LogP contribution in [0.4, 0.5) is 11.6 Å². The number of nitrogens with zero attached hydrogens (tertiary/aromatic N) is 8. The summed E-state index contributed by atoms with van der Waals surface area (Å²) in [5.41, 5.74) is 1.59. The molecule has 0 unspecified atom stereocenters. The number of aromatic hydroxyl groups is 1. The van der Waals surface area contributed by atoms with E-state index in [1.54, 1.807) is 46.2 Å². The fourth-order valence-corrected chi connectivity index (χ4v) is 7.69. The molecule has 4 heterocycles. The molecule has 2 fully saturated rings. The van der Waals surface area contributed by atoms with Gasteiger partial charge in [0.25, 0.3) is 11.8 Å². The molecule has 0 aliphatic carbocycles. The minimum absolute atomic E-state index is 0.0248. The van der Waals surface area contributed by atoms with Crippen molar-refractivity contribution in [3.8, 4) is 17.1 Å². The van der Waals surface area contributed by atoms with Gasteiger partial charge in [0.15, 0.2) is 5.82 Å². The van der Waals surface area contributed by atoms with Crippen molar-refractivity contribution in [1.82, 2.24) is 29.7 Å². The van der Waals surface area contributed by atoms with E-state index in [9.17, 15) is 39.6 Å². The maximum atomic E-state index is 12.6. The van der Waals surface area contributed by atoms with E-state index < -0.39 is 24.1 Å². The Morgan fingerprint density at radius 1 is 0.613 bits per heavy atom. The van der Waals surface area contributed by atoms with Gasteiger partial charge in [-0.3, -0.25) is 9.59 Å². The van der Waals surface area contributed by atoms with Crippen LogP contribution in [0.15, 0.2) is 60.7 Å². The molecule has 0 radical (unpaired) electrons. The molecule has 0 saturated carbocycles. The molecule has 5 N–H and O–H groups in total. The van der Waals surface area contributed by atoms with E-state index in [0.29, 0.717) is 104 Å². The molecule has 3 aromatic carbocycles. The van der Waals surface area contributed by atoms with Gasteiger partial charge in [-0.2, -0.15) is 4.98 Å². The number of benzene rings is 3. The normalized spacial score (nSPS) is 15.4. The van der Waals surface area contributed by atoms with Crippen molar-refractivity contribution in [2.45, 2.75) is 52.7 Å². The molecule has 2 aliphatic rings. The summed E-state index contributed by atoms with van der Waals surface area (Å²) in [6.45, 7) is 11.7. The molecule has 2 aliphatic heterocycles. The summed E-state index contributed by atoms with van der Waals surface area (Å²) in [6.07, 6.45) is -1.12. The zero-order valence-corrected chi connectivity index (χ0v) is 35.7. The molecule has 5 aromatic rings. The summed E-state index contributed by atoms with van der Waals surface area (Å²) >= 11 is 6.05. The number of aromatic nitrogens is 4. The number of aliphatic hydroxyl groups is 2. The molecule has 62 heavy (non-hydrogen) atoms. The van der Waals surface area contributed by atoms with Crippen LogP contribution in [0.2, 0.25) is 5.28 Å². The van der Waals surface area contributed by atoms with Gasteiger partial charge in [0, 0.05) is 63.1 Å². The molecule has 0 bridgehead atoms. The number of piperazine rings is 2. The van der Waals surface area contributed by atoms with E-state index in [1.807, 2.05) is 37.5 Å². The number of rotatable bonds is 11. The lowest BCUT2D eigenvalue weighted by Crippen LogP contribution is -2.52. The second kappa shape index (κ2) is 19.7. The van der Waals surface area contributed by atoms with Crippen LogP contribution in [0.25, 0.3) is 33.2 Å². The molecular formula is C44H51ClN8O9. The molecule has 2 aromatic heterocycles. The molecular weight excluding hydrogens is 820 g/mol. The van der Waals surface area contributed by atoms with Crippen molar-refractivity contribution in [3.05, 3.63) is 77.1 Å². The van der Waals surface area contributed by atoms with Gasteiger partial charge < -0.3 is 45.1 Å². The summed E-state index contributed by atoms with van der Waals surface area (Å²) in [4.78, 5) is 72.8. The Balaban J connectivity index is 0.000000211. The average molecular weight is 871 g/mol. The minimum Gasteiger partial charge on any atom is -0.507 e. The molecule has 2 atom stereocenters. The monoisotopic (exact) mass is 870 g/mol. The maximum absolute atomic E-state index is 12.6. The van der Waals surface area contributed by atoms with Crippen LogP contribution in [-0.2, 0) is 9.59 Å². The lowest BCUT2D eigenvalue weighted by molar-refractivity contribution is -0.141. The van der Waals surface area contributed by atoms with Crippen molar-refractivity contribution in [1.29, 1.82) is 0 Å². The van der Waals surface area contributed by atoms with E-state index in [4.69, 9.17) is 21.7 Å². The predicted molar refractivity (Wildman–Crippen MR) is 234 cm³/mol. The molecule has 2 amide bonds. The standard InChI is InChI=1S/C25H28N4O5.C19H23ClN4O4/c1-15(2)13-21(31)24(32)29-11-9-28(10-12-29)23-17-8-7-16(25(33)34)14-19(17)26-22(27-23)18-5-3-4-6-20(18)30;1-11(2)9-15(25)17(26)24-7-5-23(6-8-24)16-13-4-3-12(18(27)28)10-14(13)21-19(20)22-16/h3-8,14-15,21,30-31H,9-13H2,1-2H3,(H,33,34);3-4,10-11,15,25H,5-9H2,1-2H3,(H,27,28)/t21-;15-/m11/s1. The Bertz CT molecular complexity index is 2450. The smallest absolute Gasteiger partial charge is 0.335 e. The second-order valence-corrected chi connectivity index (χ2v) is 16.5. The van der Waals surface area contributed by atoms with Crippen LogP contribution < -0.4 is 9.80 Å². The van der Waals surface area contributed by atoms with Crippen molar-refractivity contribution < 1.29 is 44.7 Å². The van der Waals surface area contributed by atoms with Crippen molar-refractivity contribution in [3.63, 3.8) is 0 Å². The number of para-hydroxylation sites is 1. The van der Waals surface area contributed by atoms with Crippen molar-refractivity contribution in [2.24, 2.45) is 11.8 Å². The Morgan fingerprint density at radius 3 is 1.48 bits per heavy atom. The highest BCUT2D eigenvalue weighted by Gasteiger charge is 2.30. The lowest BCUT2D eigenvalue weighted by atomic mass is 10.0. The summed E-state index contributed by atoms with van der Waals surface area (Å²) in [6, 6.07) is 16.1. The number of halogens is 1. The average Bonchev–Trinajstić information content (AvgIpc) is 3.24. The first-order valence-electron chi connectivity index (χ1n) is 20.5. The van der Waals surface area contributed by atoms with E-state index in [1.165, 1.54) is 24.3 Å². The number of hydrogen-bond acceptors (Lipinski definition) is 13. The number of amides is 2. The number of phenols is 1. The number of carbonyl (C=O) groups excluding carboxylic acids is 2. The third kappa shape index (κ3) is 10.6. The van der Waals surface area contributed by atoms with Crippen LogP contribution in [0.3, 0.4) is 0 Å². The first-order chi connectivity index (χ1) is 29.5. The van der Waals surface area contributed by atoms with E-state index in [0.717, 1.165) is 0 Å². The number of fused-ring (bicyclic) bond motifs is 2. The molecule has 2 saturated heterocycles. The summed E-state index contributed by atoms with van der Waals surface area (Å²) < 4.78 is 0. The molecule has 17 nitrogen and oxygen atoms in total. The summed E-state index contributed by atoms with van der Waals surface area (Å²) in [5.74, 6) is -0.612. The first kappa shape index (κ1) is 45.4. The highest BCUT2D eigenvalue weighted by Crippen LogP contribution is 2.33. The van der Waals surface area contributed by atoms with Crippen LogP contribution in [0.1, 0.15) is 61.3 Å². The topological polar surface area (TPSA) is 234 Å². The Hall–Kier alpha value is -6.17. The molecule has 0 spiro atoms. The van der Waals surface area contributed by atoms with Gasteiger partial charge in [-0.1, -0.05) is 39.8 Å². The van der Waals surface area contributed by atoms with Crippen LogP contribution in [0.5, 0.6) is 5.75 Å². The summed E-state index contributed by atoms with van der Waals surface area (Å²) in [7, 11) is 0. The van der Waals surface area contributed by atoms with E-state index >= 15 is 0 Å². The predicted octanol–water partition coefficient (Wildman–Crippen LogP) is 4.79. The first-order valence-corrected chi connectivity index (χ1v) is 20.9. The molecule has 7 rings (SSSR count). The number of phenolic OH excluding ortho intramolecular Hbond substituents is 1. The van der Waals surface area contributed by atoms with E-state index in [-0.39, 0.29) is 51.6 Å². The number of carboxylic acids is 2. The number of carbonyl (C=O) groups is 4. The zero-order chi connectivity index (χ0) is 44.8. The number of hydrogen-bond donors (Lipinski definition) is 5. The van der Waals surface area contributed by atoms with Gasteiger partial charge in [-0.25, -0.2) is 24.5 Å². The van der Waals surface area contributed by atoms with Gasteiger partial charge in [-0.15, -0.1) is 0 Å². The van der Waals surface area contributed by atoms with E-state index in [2.05, 4.69) is 15.0 Å². The molecule has 328 valence electrons. The highest BCUT2D eigenvalue weighted by atomic mass is 35.5. The molecule has 18 heteroatoms. The minimum atomic E-state index is -1.06. The maximum Gasteiger partial charge on any atom is 0.335 e. The number of aliphatic hydroxyl groups excluding tert-OH is 2. The highest BCUT2D eigenvalue weighted by molar-refractivity contribution is 6.29. The quantitative estimate of drug-likeness (QED) is 0.112. The van der Waals surface area contributed by atoms with Crippen molar-refractivity contribution >= 4 is 68.8 Å². The zero-order valence-electron chi connectivity index (χ0n) is 35.0. The Kier molecular flexibility index (Phi) is 14.4. The van der Waals surface area contributed by atoms with Crippen molar-refractivity contribution in [2.75, 3.05) is 62.2 Å². The van der Waals surface area contributed by atoms with Crippen LogP contribution >= 0.6 is 11.6 Å².